The van der Waals surface area contributed by atoms with Gasteiger partial charge in [-0.3, -0.25) is 9.59 Å². The minimum absolute atomic E-state index is 0.163. The predicted octanol–water partition coefficient (Wildman–Crippen LogP) is 5.16. The van der Waals surface area contributed by atoms with Crippen LogP contribution in [0.2, 0.25) is 0 Å². The van der Waals surface area contributed by atoms with Crippen molar-refractivity contribution in [3.63, 3.8) is 0 Å². The Kier molecular flexibility index (Phi) is 6.87. The molecule has 1 heterocycles. The average molecular weight is 426 g/mol. The number of imide groups is 1. The summed E-state index contributed by atoms with van der Waals surface area (Å²) in [6.07, 6.45) is 0. The first kappa shape index (κ1) is 22.0. The van der Waals surface area contributed by atoms with Crippen molar-refractivity contribution in [2.75, 3.05) is 18.6 Å². The number of thioether (sulfide) groups is 1. The van der Waals surface area contributed by atoms with Crippen molar-refractivity contribution in [1.82, 2.24) is 0 Å². The van der Waals surface area contributed by atoms with Crippen molar-refractivity contribution < 1.29 is 19.1 Å². The summed E-state index contributed by atoms with van der Waals surface area (Å²) in [6, 6.07) is 14.3. The van der Waals surface area contributed by atoms with Gasteiger partial charge in [-0.05, 0) is 47.9 Å². The van der Waals surface area contributed by atoms with Crippen LogP contribution in [0.3, 0.4) is 0 Å². The van der Waals surface area contributed by atoms with Crippen molar-refractivity contribution in [1.29, 1.82) is 0 Å². The molecule has 0 aromatic heterocycles. The van der Waals surface area contributed by atoms with Crippen LogP contribution in [0.15, 0.2) is 53.4 Å². The van der Waals surface area contributed by atoms with Crippen LogP contribution in [0.25, 0.3) is 5.57 Å². The van der Waals surface area contributed by atoms with Crippen LogP contribution in [-0.2, 0) is 9.59 Å². The van der Waals surface area contributed by atoms with E-state index >= 15 is 0 Å². The standard InChI is InChI=1S/C24H27NO4S/c1-15(2)14-29-20-10-6-17(7-11-20)21-22(30-16(3)4)24(27)25(23(21)26)18-8-12-19(28-5)13-9-18/h6-13,15-16H,14H2,1-5H3. The van der Waals surface area contributed by atoms with E-state index in [-0.39, 0.29) is 17.1 Å². The second kappa shape index (κ2) is 9.39. The van der Waals surface area contributed by atoms with Crippen molar-refractivity contribution in [2.45, 2.75) is 32.9 Å². The van der Waals surface area contributed by atoms with Crippen molar-refractivity contribution >= 4 is 34.8 Å². The van der Waals surface area contributed by atoms with E-state index in [1.54, 1.807) is 31.4 Å². The van der Waals surface area contributed by atoms with Gasteiger partial charge in [-0.25, -0.2) is 4.90 Å². The highest BCUT2D eigenvalue weighted by Gasteiger charge is 2.40. The molecule has 0 saturated heterocycles. The number of ether oxygens (including phenoxy) is 2. The number of nitrogens with zero attached hydrogens (tertiary/aromatic N) is 1. The van der Waals surface area contributed by atoms with Gasteiger partial charge in [0.25, 0.3) is 11.8 Å². The Morgan fingerprint density at radius 3 is 2.00 bits per heavy atom. The lowest BCUT2D eigenvalue weighted by Gasteiger charge is -2.16. The number of amides is 2. The molecule has 6 heteroatoms. The third-order valence-electron chi connectivity index (χ3n) is 4.45. The number of carbonyl (C=O) groups is 2. The second-order valence-corrected chi connectivity index (χ2v) is 9.33. The van der Waals surface area contributed by atoms with Gasteiger partial charge in [0, 0.05) is 5.25 Å². The lowest BCUT2D eigenvalue weighted by molar-refractivity contribution is -0.119. The maximum absolute atomic E-state index is 13.3. The van der Waals surface area contributed by atoms with Crippen LogP contribution in [0, 0.1) is 5.92 Å². The quantitative estimate of drug-likeness (QED) is 0.547. The highest BCUT2D eigenvalue weighted by molar-refractivity contribution is 8.04. The monoisotopic (exact) mass is 425 g/mol. The minimum atomic E-state index is -0.316. The minimum Gasteiger partial charge on any atom is -0.497 e. The molecule has 0 fully saturated rings. The Morgan fingerprint density at radius 1 is 0.867 bits per heavy atom. The van der Waals surface area contributed by atoms with Gasteiger partial charge < -0.3 is 9.47 Å². The van der Waals surface area contributed by atoms with E-state index in [0.29, 0.717) is 40.0 Å². The summed E-state index contributed by atoms with van der Waals surface area (Å²) in [5.74, 6) is 1.23. The molecule has 0 bridgehead atoms. The molecule has 3 rings (SSSR count). The fraction of sp³-hybridized carbons (Fsp3) is 0.333. The highest BCUT2D eigenvalue weighted by atomic mass is 32.2. The number of benzene rings is 2. The average Bonchev–Trinajstić information content (AvgIpc) is 2.96. The third kappa shape index (κ3) is 4.70. The Morgan fingerprint density at radius 2 is 1.47 bits per heavy atom. The molecule has 158 valence electrons. The van der Waals surface area contributed by atoms with Crippen LogP contribution in [0.5, 0.6) is 11.5 Å². The van der Waals surface area contributed by atoms with Crippen molar-refractivity contribution in [2.24, 2.45) is 5.92 Å². The van der Waals surface area contributed by atoms with Crippen LogP contribution in [-0.4, -0.2) is 30.8 Å². The van der Waals surface area contributed by atoms with Gasteiger partial charge in [-0.2, -0.15) is 0 Å². The summed E-state index contributed by atoms with van der Waals surface area (Å²) in [4.78, 5) is 28.3. The van der Waals surface area contributed by atoms with Crippen LogP contribution in [0.4, 0.5) is 5.69 Å². The maximum Gasteiger partial charge on any atom is 0.272 e. The number of hydrogen-bond acceptors (Lipinski definition) is 5. The molecular formula is C24H27NO4S. The first-order valence-corrected chi connectivity index (χ1v) is 10.9. The van der Waals surface area contributed by atoms with E-state index < -0.39 is 0 Å². The Bertz CT molecular complexity index is 946. The highest BCUT2D eigenvalue weighted by Crippen LogP contribution is 2.40. The Labute approximate surface area is 182 Å². The SMILES string of the molecule is COc1ccc(N2C(=O)C(SC(C)C)=C(c3ccc(OCC(C)C)cc3)C2=O)cc1. The first-order valence-electron chi connectivity index (χ1n) is 9.98. The zero-order valence-electron chi connectivity index (χ0n) is 18.0. The molecular weight excluding hydrogens is 398 g/mol. The molecule has 0 N–H and O–H groups in total. The number of hydrogen-bond donors (Lipinski definition) is 0. The molecule has 0 unspecified atom stereocenters. The molecule has 1 aliphatic rings. The largest absolute Gasteiger partial charge is 0.497 e. The summed E-state index contributed by atoms with van der Waals surface area (Å²) in [7, 11) is 1.58. The zero-order valence-corrected chi connectivity index (χ0v) is 18.8. The molecule has 2 aromatic rings. The van der Waals surface area contributed by atoms with E-state index in [4.69, 9.17) is 9.47 Å². The van der Waals surface area contributed by atoms with Crippen molar-refractivity contribution in [3.05, 3.63) is 59.0 Å². The van der Waals surface area contributed by atoms with Crippen LogP contribution < -0.4 is 14.4 Å². The number of rotatable bonds is 8. The van der Waals surface area contributed by atoms with Gasteiger partial charge in [0.1, 0.15) is 11.5 Å². The summed E-state index contributed by atoms with van der Waals surface area (Å²) in [5, 5.41) is 0.163. The predicted molar refractivity (Wildman–Crippen MR) is 122 cm³/mol. The van der Waals surface area contributed by atoms with Crippen molar-refractivity contribution in [3.8, 4) is 11.5 Å². The number of carbonyl (C=O) groups excluding carboxylic acids is 2. The molecule has 0 spiro atoms. The first-order chi connectivity index (χ1) is 14.3. The molecule has 2 amide bonds. The third-order valence-corrected chi connectivity index (χ3v) is 5.54. The molecule has 5 nitrogen and oxygen atoms in total. The zero-order chi connectivity index (χ0) is 21.8. The van der Waals surface area contributed by atoms with E-state index in [9.17, 15) is 9.59 Å². The summed E-state index contributed by atoms with van der Waals surface area (Å²) >= 11 is 1.41. The van der Waals surface area contributed by atoms with E-state index in [1.165, 1.54) is 16.7 Å². The van der Waals surface area contributed by atoms with Gasteiger partial charge in [-0.1, -0.05) is 39.8 Å². The molecule has 0 radical (unpaired) electrons. The fourth-order valence-corrected chi connectivity index (χ4v) is 4.04. The maximum atomic E-state index is 13.3. The number of anilines is 1. The van der Waals surface area contributed by atoms with Gasteiger partial charge in [-0.15, -0.1) is 11.8 Å². The summed E-state index contributed by atoms with van der Waals surface area (Å²) < 4.78 is 10.9. The molecule has 0 atom stereocenters. The summed E-state index contributed by atoms with van der Waals surface area (Å²) in [6.45, 7) is 8.81. The summed E-state index contributed by atoms with van der Waals surface area (Å²) in [5.41, 5.74) is 1.67. The van der Waals surface area contributed by atoms with E-state index in [1.807, 2.05) is 38.1 Å². The smallest absolute Gasteiger partial charge is 0.272 e. The van der Waals surface area contributed by atoms with Crippen LogP contribution in [0.1, 0.15) is 33.3 Å². The normalized spacial score (nSPS) is 14.3. The molecule has 0 saturated carbocycles. The second-order valence-electron chi connectivity index (χ2n) is 7.74. The lowest BCUT2D eigenvalue weighted by Crippen LogP contribution is -2.31. The van der Waals surface area contributed by atoms with Gasteiger partial charge in [0.15, 0.2) is 0 Å². The van der Waals surface area contributed by atoms with Gasteiger partial charge >= 0.3 is 0 Å². The van der Waals surface area contributed by atoms with Gasteiger partial charge in [0.2, 0.25) is 0 Å². The molecule has 30 heavy (non-hydrogen) atoms. The lowest BCUT2D eigenvalue weighted by atomic mass is 10.1. The molecule has 0 aliphatic carbocycles. The van der Waals surface area contributed by atoms with E-state index in [2.05, 4.69) is 13.8 Å². The van der Waals surface area contributed by atoms with E-state index in [0.717, 1.165) is 5.75 Å². The Hall–Kier alpha value is -2.73. The van der Waals surface area contributed by atoms with Crippen LogP contribution >= 0.6 is 11.8 Å². The Balaban J connectivity index is 1.95. The van der Waals surface area contributed by atoms with Gasteiger partial charge in [0.05, 0.1) is 29.9 Å². The topological polar surface area (TPSA) is 55.8 Å². The number of methoxy groups -OCH3 is 1. The molecule has 2 aromatic carbocycles. The molecule has 1 aliphatic heterocycles. The fourth-order valence-electron chi connectivity index (χ4n) is 3.06.